The third-order valence-electron chi connectivity index (χ3n) is 2.68. The van der Waals surface area contributed by atoms with E-state index in [-0.39, 0.29) is 18.6 Å². The molecule has 0 heterocycles. The number of benzene rings is 1. The number of hydrogen-bond acceptors (Lipinski definition) is 5. The summed E-state index contributed by atoms with van der Waals surface area (Å²) in [4.78, 5) is 12.8. The topological polar surface area (TPSA) is 75.7 Å². The Labute approximate surface area is 119 Å². The van der Waals surface area contributed by atoms with E-state index in [0.29, 0.717) is 5.69 Å². The van der Waals surface area contributed by atoms with Crippen molar-refractivity contribution in [1.29, 1.82) is 0 Å². The predicted molar refractivity (Wildman–Crippen MR) is 79.4 cm³/mol. The van der Waals surface area contributed by atoms with Gasteiger partial charge in [0.1, 0.15) is 0 Å². The molecule has 0 fully saturated rings. The number of nitrogens with zero attached hydrogens (tertiary/aromatic N) is 1. The smallest absolute Gasteiger partial charge is 0.305 e. The normalized spacial score (nSPS) is 10.9. The van der Waals surface area contributed by atoms with Crippen molar-refractivity contribution < 1.29 is 17.9 Å². The second kappa shape index (κ2) is 7.14. The first-order valence-corrected chi connectivity index (χ1v) is 7.84. The van der Waals surface area contributed by atoms with Gasteiger partial charge in [-0.3, -0.25) is 9.52 Å². The zero-order valence-corrected chi connectivity index (χ0v) is 12.7. The lowest BCUT2D eigenvalue weighted by molar-refractivity contribution is -0.140. The van der Waals surface area contributed by atoms with Crippen molar-refractivity contribution in [3.8, 4) is 0 Å². The van der Waals surface area contributed by atoms with E-state index in [4.69, 9.17) is 0 Å². The minimum atomic E-state index is -3.44. The van der Waals surface area contributed by atoms with Crippen molar-refractivity contribution in [2.24, 2.45) is 0 Å². The summed E-state index contributed by atoms with van der Waals surface area (Å²) in [5, 5.41) is 0. The molecule has 0 amide bonds. The van der Waals surface area contributed by atoms with Gasteiger partial charge < -0.3 is 9.64 Å². The lowest BCUT2D eigenvalue weighted by Crippen LogP contribution is -2.17. The molecule has 0 aliphatic rings. The Bertz CT molecular complexity index is 538. The third kappa shape index (κ3) is 5.48. The standard InChI is InChI=1S/C13H20N2O4S/c1-15(2)12-8-6-11(7-9-12)14-20(17,18)10-4-5-13(16)19-3/h6-9,14H,4-5,10H2,1-3H3. The van der Waals surface area contributed by atoms with Crippen molar-refractivity contribution in [3.63, 3.8) is 0 Å². The maximum Gasteiger partial charge on any atom is 0.305 e. The Morgan fingerprint density at radius 3 is 2.35 bits per heavy atom. The van der Waals surface area contributed by atoms with Crippen molar-refractivity contribution in [1.82, 2.24) is 0 Å². The molecule has 112 valence electrons. The molecule has 7 heteroatoms. The maximum atomic E-state index is 11.8. The molecular formula is C13H20N2O4S. The number of carbonyl (C=O) groups excluding carboxylic acids is 1. The van der Waals surface area contributed by atoms with E-state index in [2.05, 4.69) is 9.46 Å². The molecule has 0 saturated carbocycles. The number of esters is 1. The fraction of sp³-hybridized carbons (Fsp3) is 0.462. The van der Waals surface area contributed by atoms with Crippen LogP contribution in [-0.4, -0.2) is 41.3 Å². The highest BCUT2D eigenvalue weighted by Gasteiger charge is 2.12. The van der Waals surface area contributed by atoms with E-state index >= 15 is 0 Å². The van der Waals surface area contributed by atoms with Crippen LogP contribution in [-0.2, 0) is 19.6 Å². The van der Waals surface area contributed by atoms with E-state index in [9.17, 15) is 13.2 Å². The van der Waals surface area contributed by atoms with Crippen LogP contribution in [0.15, 0.2) is 24.3 Å². The molecule has 0 unspecified atom stereocenters. The van der Waals surface area contributed by atoms with E-state index in [1.165, 1.54) is 7.11 Å². The van der Waals surface area contributed by atoms with Gasteiger partial charge in [-0.2, -0.15) is 0 Å². The van der Waals surface area contributed by atoms with E-state index in [1.807, 2.05) is 31.1 Å². The van der Waals surface area contributed by atoms with Gasteiger partial charge in [-0.15, -0.1) is 0 Å². The highest BCUT2D eigenvalue weighted by atomic mass is 32.2. The lowest BCUT2D eigenvalue weighted by atomic mass is 10.3. The number of hydrogen-bond donors (Lipinski definition) is 1. The molecule has 0 atom stereocenters. The molecular weight excluding hydrogens is 280 g/mol. The summed E-state index contributed by atoms with van der Waals surface area (Å²) in [6, 6.07) is 7.05. The molecule has 1 N–H and O–H groups in total. The summed E-state index contributed by atoms with van der Waals surface area (Å²) < 4.78 is 30.6. The van der Waals surface area contributed by atoms with Crippen molar-refractivity contribution in [2.75, 3.05) is 36.6 Å². The fourth-order valence-corrected chi connectivity index (χ4v) is 2.69. The van der Waals surface area contributed by atoms with Crippen molar-refractivity contribution >= 4 is 27.4 Å². The molecule has 20 heavy (non-hydrogen) atoms. The maximum absolute atomic E-state index is 11.8. The quantitative estimate of drug-likeness (QED) is 0.771. The van der Waals surface area contributed by atoms with Crippen LogP contribution in [0.4, 0.5) is 11.4 Å². The van der Waals surface area contributed by atoms with Crippen LogP contribution in [0, 0.1) is 0 Å². The number of ether oxygens (including phenoxy) is 1. The monoisotopic (exact) mass is 300 g/mol. The summed E-state index contributed by atoms with van der Waals surface area (Å²) in [5.41, 5.74) is 1.49. The van der Waals surface area contributed by atoms with Gasteiger partial charge >= 0.3 is 5.97 Å². The Morgan fingerprint density at radius 1 is 1.25 bits per heavy atom. The molecule has 0 saturated heterocycles. The van der Waals surface area contributed by atoms with Gasteiger partial charge in [0.15, 0.2) is 0 Å². The Morgan fingerprint density at radius 2 is 1.85 bits per heavy atom. The highest BCUT2D eigenvalue weighted by molar-refractivity contribution is 7.92. The van der Waals surface area contributed by atoms with E-state index < -0.39 is 16.0 Å². The van der Waals surface area contributed by atoms with Gasteiger partial charge in [0.25, 0.3) is 0 Å². The molecule has 6 nitrogen and oxygen atoms in total. The van der Waals surface area contributed by atoms with Gasteiger partial charge in [0.05, 0.1) is 12.9 Å². The van der Waals surface area contributed by atoms with Gasteiger partial charge in [0.2, 0.25) is 10.0 Å². The summed E-state index contributed by atoms with van der Waals surface area (Å²) in [7, 11) is 1.65. The van der Waals surface area contributed by atoms with Crippen LogP contribution in [0.5, 0.6) is 0 Å². The van der Waals surface area contributed by atoms with E-state index in [0.717, 1.165) is 5.69 Å². The molecule has 1 rings (SSSR count). The first kappa shape index (κ1) is 16.3. The first-order chi connectivity index (χ1) is 9.34. The summed E-state index contributed by atoms with van der Waals surface area (Å²) in [6.07, 6.45) is 0.328. The number of carbonyl (C=O) groups is 1. The Balaban J connectivity index is 2.55. The summed E-state index contributed by atoms with van der Waals surface area (Å²) in [6.45, 7) is 0. The zero-order valence-electron chi connectivity index (χ0n) is 11.9. The van der Waals surface area contributed by atoms with Crippen LogP contribution in [0.2, 0.25) is 0 Å². The van der Waals surface area contributed by atoms with Crippen LogP contribution in [0.1, 0.15) is 12.8 Å². The molecule has 0 bridgehead atoms. The average Bonchev–Trinajstić information content (AvgIpc) is 2.38. The second-order valence-corrected chi connectivity index (χ2v) is 6.38. The Kier molecular flexibility index (Phi) is 5.82. The largest absolute Gasteiger partial charge is 0.469 e. The molecule has 0 aliphatic heterocycles. The Hall–Kier alpha value is -1.76. The third-order valence-corrected chi connectivity index (χ3v) is 4.05. The number of methoxy groups -OCH3 is 1. The minimum absolute atomic E-state index is 0.0942. The van der Waals surface area contributed by atoms with Crippen LogP contribution < -0.4 is 9.62 Å². The number of rotatable bonds is 7. The first-order valence-electron chi connectivity index (χ1n) is 6.19. The van der Waals surface area contributed by atoms with Crippen LogP contribution in [0.25, 0.3) is 0 Å². The van der Waals surface area contributed by atoms with Crippen molar-refractivity contribution in [2.45, 2.75) is 12.8 Å². The fourth-order valence-electron chi connectivity index (χ4n) is 1.57. The van der Waals surface area contributed by atoms with E-state index in [1.54, 1.807) is 12.1 Å². The number of sulfonamides is 1. The number of anilines is 2. The molecule has 0 radical (unpaired) electrons. The van der Waals surface area contributed by atoms with Crippen LogP contribution in [0.3, 0.4) is 0 Å². The predicted octanol–water partition coefficient (Wildman–Crippen LogP) is 1.45. The molecule has 1 aromatic carbocycles. The minimum Gasteiger partial charge on any atom is -0.469 e. The zero-order chi connectivity index (χ0) is 15.2. The van der Waals surface area contributed by atoms with Gasteiger partial charge in [-0.05, 0) is 30.7 Å². The summed E-state index contributed by atoms with van der Waals surface area (Å²) in [5.74, 6) is -0.520. The van der Waals surface area contributed by atoms with Gasteiger partial charge in [0, 0.05) is 31.9 Å². The van der Waals surface area contributed by atoms with Gasteiger partial charge in [-0.1, -0.05) is 0 Å². The molecule has 0 aromatic heterocycles. The second-order valence-electron chi connectivity index (χ2n) is 4.54. The summed E-state index contributed by atoms with van der Waals surface area (Å²) >= 11 is 0. The molecule has 0 spiro atoms. The average molecular weight is 300 g/mol. The number of nitrogens with one attached hydrogen (secondary N) is 1. The molecule has 0 aliphatic carbocycles. The highest BCUT2D eigenvalue weighted by Crippen LogP contribution is 2.17. The lowest BCUT2D eigenvalue weighted by Gasteiger charge is -2.13. The van der Waals surface area contributed by atoms with Crippen LogP contribution >= 0.6 is 0 Å². The SMILES string of the molecule is COC(=O)CCCS(=O)(=O)Nc1ccc(N(C)C)cc1. The molecule has 1 aromatic rings. The van der Waals surface area contributed by atoms with Gasteiger partial charge in [-0.25, -0.2) is 8.42 Å². The van der Waals surface area contributed by atoms with Crippen molar-refractivity contribution in [3.05, 3.63) is 24.3 Å².